The van der Waals surface area contributed by atoms with Gasteiger partial charge in [0.05, 0.1) is 6.61 Å². The predicted molar refractivity (Wildman–Crippen MR) is 58.2 cm³/mol. The van der Waals surface area contributed by atoms with Crippen molar-refractivity contribution in [2.75, 3.05) is 13.2 Å². The van der Waals surface area contributed by atoms with Crippen LogP contribution in [0.5, 0.6) is 0 Å². The number of rotatable bonds is 1. The van der Waals surface area contributed by atoms with Crippen molar-refractivity contribution in [1.82, 2.24) is 0 Å². The molecule has 4 heteroatoms. The molecule has 1 unspecified atom stereocenters. The van der Waals surface area contributed by atoms with Crippen LogP contribution in [0.2, 0.25) is 0 Å². The van der Waals surface area contributed by atoms with Crippen molar-refractivity contribution in [3.63, 3.8) is 0 Å². The Bertz CT molecular complexity index is 386. The van der Waals surface area contributed by atoms with Crippen LogP contribution in [-0.2, 0) is 10.3 Å². The highest BCUT2D eigenvalue weighted by atomic mass is 79.9. The minimum Gasteiger partial charge on any atom is -0.383 e. The number of hydrogen-bond acceptors (Lipinski definition) is 2. The number of aryl methyl sites for hydroxylation is 1. The number of aliphatic hydroxyl groups is 1. The van der Waals surface area contributed by atoms with E-state index in [1.807, 2.05) is 0 Å². The number of benzene rings is 1. The van der Waals surface area contributed by atoms with Crippen LogP contribution >= 0.6 is 15.9 Å². The van der Waals surface area contributed by atoms with Crippen LogP contribution in [0.15, 0.2) is 16.6 Å². The van der Waals surface area contributed by atoms with Crippen molar-refractivity contribution < 1.29 is 14.2 Å². The van der Waals surface area contributed by atoms with E-state index in [1.165, 1.54) is 0 Å². The van der Waals surface area contributed by atoms with Gasteiger partial charge in [0.25, 0.3) is 0 Å². The molecule has 1 aliphatic rings. The molecule has 0 radical (unpaired) electrons. The Morgan fingerprint density at radius 2 is 2.27 bits per heavy atom. The first kappa shape index (κ1) is 11.0. The third-order valence-electron chi connectivity index (χ3n) is 2.72. The van der Waals surface area contributed by atoms with Gasteiger partial charge >= 0.3 is 0 Å². The Kier molecular flexibility index (Phi) is 2.83. The van der Waals surface area contributed by atoms with E-state index in [0.29, 0.717) is 24.2 Å². The zero-order chi connectivity index (χ0) is 11.1. The molecular weight excluding hydrogens is 263 g/mol. The van der Waals surface area contributed by atoms with Crippen LogP contribution in [-0.4, -0.2) is 18.3 Å². The van der Waals surface area contributed by atoms with E-state index in [9.17, 15) is 9.50 Å². The fraction of sp³-hybridized carbons (Fsp3) is 0.455. The normalized spacial score (nSPS) is 25.9. The molecule has 0 saturated carbocycles. The molecule has 1 saturated heterocycles. The molecule has 82 valence electrons. The van der Waals surface area contributed by atoms with Crippen molar-refractivity contribution in [3.05, 3.63) is 33.5 Å². The summed E-state index contributed by atoms with van der Waals surface area (Å²) in [5, 5.41) is 10.2. The van der Waals surface area contributed by atoms with Crippen molar-refractivity contribution >= 4 is 15.9 Å². The number of ether oxygens (including phenoxy) is 1. The second-order valence-electron chi connectivity index (χ2n) is 3.92. The van der Waals surface area contributed by atoms with Crippen LogP contribution < -0.4 is 0 Å². The maximum Gasteiger partial charge on any atom is 0.132 e. The van der Waals surface area contributed by atoms with Crippen LogP contribution in [0.25, 0.3) is 0 Å². The van der Waals surface area contributed by atoms with Gasteiger partial charge in [-0.3, -0.25) is 0 Å². The van der Waals surface area contributed by atoms with E-state index < -0.39 is 5.60 Å². The quantitative estimate of drug-likeness (QED) is 0.853. The lowest BCUT2D eigenvalue weighted by Gasteiger charge is -2.22. The van der Waals surface area contributed by atoms with E-state index in [0.717, 1.165) is 4.47 Å². The molecule has 0 amide bonds. The van der Waals surface area contributed by atoms with Gasteiger partial charge in [0.2, 0.25) is 0 Å². The molecule has 2 nitrogen and oxygen atoms in total. The fourth-order valence-corrected chi connectivity index (χ4v) is 2.40. The monoisotopic (exact) mass is 274 g/mol. The average Bonchev–Trinajstić information content (AvgIpc) is 2.59. The molecule has 1 aromatic rings. The third kappa shape index (κ3) is 1.94. The van der Waals surface area contributed by atoms with Crippen molar-refractivity contribution in [3.8, 4) is 0 Å². The molecule has 0 spiro atoms. The first-order chi connectivity index (χ1) is 7.03. The number of halogens is 2. The third-order valence-corrected chi connectivity index (χ3v) is 3.18. The van der Waals surface area contributed by atoms with E-state index in [4.69, 9.17) is 4.74 Å². The van der Waals surface area contributed by atoms with Crippen molar-refractivity contribution in [2.45, 2.75) is 18.9 Å². The summed E-state index contributed by atoms with van der Waals surface area (Å²) in [7, 11) is 0. The Hall–Kier alpha value is -0.450. The molecule has 2 rings (SSSR count). The van der Waals surface area contributed by atoms with Gasteiger partial charge in [-0.25, -0.2) is 4.39 Å². The molecule has 1 atom stereocenters. The van der Waals surface area contributed by atoms with Gasteiger partial charge in [-0.05, 0) is 24.6 Å². The standard InChI is InChI=1S/C11H12BrFO2/c1-7-4-8(12)5-9(10(7)13)11(14)2-3-15-6-11/h4-5,14H,2-3,6H2,1H3. The molecule has 0 aromatic heterocycles. The summed E-state index contributed by atoms with van der Waals surface area (Å²) in [6.45, 7) is 2.32. The van der Waals surface area contributed by atoms with Crippen LogP contribution in [0.3, 0.4) is 0 Å². The topological polar surface area (TPSA) is 29.5 Å². The summed E-state index contributed by atoms with van der Waals surface area (Å²) in [5.41, 5.74) is -0.315. The molecule has 15 heavy (non-hydrogen) atoms. The Morgan fingerprint density at radius 1 is 1.53 bits per heavy atom. The van der Waals surface area contributed by atoms with Crippen molar-refractivity contribution in [2.24, 2.45) is 0 Å². The van der Waals surface area contributed by atoms with Gasteiger partial charge in [0, 0.05) is 23.1 Å². The highest BCUT2D eigenvalue weighted by molar-refractivity contribution is 9.10. The Labute approximate surface area is 96.2 Å². The minimum atomic E-state index is -1.17. The summed E-state index contributed by atoms with van der Waals surface area (Å²) in [6.07, 6.45) is 0.444. The molecular formula is C11H12BrFO2. The van der Waals surface area contributed by atoms with Crippen molar-refractivity contribution in [1.29, 1.82) is 0 Å². The molecule has 1 N–H and O–H groups in total. The second kappa shape index (κ2) is 3.85. The summed E-state index contributed by atoms with van der Waals surface area (Å²) < 4.78 is 19.7. The van der Waals surface area contributed by atoms with E-state index >= 15 is 0 Å². The molecule has 1 fully saturated rings. The minimum absolute atomic E-state index is 0.166. The second-order valence-corrected chi connectivity index (χ2v) is 4.83. The summed E-state index contributed by atoms with van der Waals surface area (Å²) in [6, 6.07) is 3.31. The van der Waals surface area contributed by atoms with Gasteiger partial charge in [0.15, 0.2) is 0 Å². The lowest BCUT2D eigenvalue weighted by Crippen LogP contribution is -2.27. The Morgan fingerprint density at radius 3 is 2.87 bits per heavy atom. The lowest BCUT2D eigenvalue weighted by atomic mass is 9.91. The summed E-state index contributed by atoms with van der Waals surface area (Å²) in [5.74, 6) is -0.341. The molecule has 0 aliphatic carbocycles. The van der Waals surface area contributed by atoms with E-state index in [1.54, 1.807) is 19.1 Å². The van der Waals surface area contributed by atoms with Gasteiger partial charge < -0.3 is 9.84 Å². The number of hydrogen-bond donors (Lipinski definition) is 1. The van der Waals surface area contributed by atoms with Gasteiger partial charge in [0.1, 0.15) is 11.4 Å². The molecule has 1 aliphatic heterocycles. The Balaban J connectivity index is 2.51. The predicted octanol–water partition coefficient (Wildman–Crippen LogP) is 2.50. The highest BCUT2D eigenvalue weighted by Crippen LogP contribution is 2.34. The van der Waals surface area contributed by atoms with Crippen LogP contribution in [0.4, 0.5) is 4.39 Å². The van der Waals surface area contributed by atoms with Crippen LogP contribution in [0.1, 0.15) is 17.5 Å². The first-order valence-electron chi connectivity index (χ1n) is 4.79. The first-order valence-corrected chi connectivity index (χ1v) is 5.58. The molecule has 0 bridgehead atoms. The largest absolute Gasteiger partial charge is 0.383 e. The zero-order valence-corrected chi connectivity index (χ0v) is 9.97. The maximum atomic E-state index is 13.8. The van der Waals surface area contributed by atoms with Gasteiger partial charge in [-0.2, -0.15) is 0 Å². The highest BCUT2D eigenvalue weighted by Gasteiger charge is 2.37. The van der Waals surface area contributed by atoms with Gasteiger partial charge in [-0.15, -0.1) is 0 Å². The lowest BCUT2D eigenvalue weighted by molar-refractivity contribution is 0.0200. The van der Waals surface area contributed by atoms with Gasteiger partial charge in [-0.1, -0.05) is 15.9 Å². The zero-order valence-electron chi connectivity index (χ0n) is 8.39. The van der Waals surface area contributed by atoms with E-state index in [-0.39, 0.29) is 12.4 Å². The smallest absolute Gasteiger partial charge is 0.132 e. The maximum absolute atomic E-state index is 13.8. The summed E-state index contributed by atoms with van der Waals surface area (Å²) >= 11 is 3.30. The van der Waals surface area contributed by atoms with Crippen LogP contribution in [0, 0.1) is 12.7 Å². The molecule has 1 aromatic carbocycles. The fourth-order valence-electron chi connectivity index (χ4n) is 1.83. The SMILES string of the molecule is Cc1cc(Br)cc(C2(O)CCOC2)c1F. The average molecular weight is 275 g/mol. The van der Waals surface area contributed by atoms with E-state index in [2.05, 4.69) is 15.9 Å². The molecule has 1 heterocycles. The summed E-state index contributed by atoms with van der Waals surface area (Å²) in [4.78, 5) is 0.